The summed E-state index contributed by atoms with van der Waals surface area (Å²) in [6.45, 7) is 0.465. The number of methoxy groups -OCH3 is 1. The summed E-state index contributed by atoms with van der Waals surface area (Å²) in [6, 6.07) is 0. The van der Waals surface area contributed by atoms with E-state index in [0.29, 0.717) is 18.1 Å². The van der Waals surface area contributed by atoms with Crippen LogP contribution in [0.2, 0.25) is 0 Å². The highest BCUT2D eigenvalue weighted by atomic mass is 16.5. The van der Waals surface area contributed by atoms with Crippen molar-refractivity contribution in [2.24, 2.45) is 5.73 Å². The second-order valence-corrected chi connectivity index (χ2v) is 1.75. The molecule has 1 aliphatic rings. The van der Waals surface area contributed by atoms with Crippen molar-refractivity contribution in [3.05, 3.63) is 23.8 Å². The molecule has 9 heavy (non-hydrogen) atoms. The molecule has 0 aliphatic carbocycles. The molecule has 0 saturated carbocycles. The van der Waals surface area contributed by atoms with Crippen LogP contribution in [-0.4, -0.2) is 13.7 Å². The van der Waals surface area contributed by atoms with Crippen molar-refractivity contribution in [3.63, 3.8) is 0 Å². The van der Waals surface area contributed by atoms with E-state index < -0.39 is 0 Å². The molecule has 0 radical (unpaired) electrons. The topological polar surface area (TPSA) is 44.5 Å². The minimum atomic E-state index is 0.465. The van der Waals surface area contributed by atoms with Crippen LogP contribution >= 0.6 is 0 Å². The fourth-order valence-corrected chi connectivity index (χ4v) is 0.585. The highest BCUT2D eigenvalue weighted by molar-refractivity contribution is 5.18. The summed E-state index contributed by atoms with van der Waals surface area (Å²) in [6.07, 6.45) is 3.28. The van der Waals surface area contributed by atoms with Crippen molar-refractivity contribution >= 4 is 0 Å². The van der Waals surface area contributed by atoms with E-state index in [1.807, 2.05) is 0 Å². The van der Waals surface area contributed by atoms with Gasteiger partial charge < -0.3 is 15.2 Å². The summed E-state index contributed by atoms with van der Waals surface area (Å²) in [5, 5.41) is 0. The van der Waals surface area contributed by atoms with Crippen LogP contribution in [0.15, 0.2) is 23.8 Å². The van der Waals surface area contributed by atoms with Gasteiger partial charge >= 0.3 is 0 Å². The normalized spacial score (nSPS) is 17.4. The summed E-state index contributed by atoms with van der Waals surface area (Å²) >= 11 is 0. The number of rotatable bonds is 1. The molecule has 0 saturated heterocycles. The van der Waals surface area contributed by atoms with E-state index in [9.17, 15) is 0 Å². The van der Waals surface area contributed by atoms with E-state index in [1.165, 1.54) is 6.26 Å². The highest BCUT2D eigenvalue weighted by Crippen LogP contribution is 2.06. The standard InChI is InChI=1S/C6H9NO2/c1-8-6-2-5(7)3-9-4-6/h2,4H,3,7H2,1H3. The van der Waals surface area contributed by atoms with Crippen LogP contribution in [0.1, 0.15) is 0 Å². The first-order valence-electron chi connectivity index (χ1n) is 2.65. The lowest BCUT2D eigenvalue weighted by Gasteiger charge is -2.09. The van der Waals surface area contributed by atoms with Crippen molar-refractivity contribution in [1.82, 2.24) is 0 Å². The minimum Gasteiger partial charge on any atom is -0.493 e. The Morgan fingerprint density at radius 3 is 3.00 bits per heavy atom. The molecular formula is C6H9NO2. The molecule has 3 nitrogen and oxygen atoms in total. The van der Waals surface area contributed by atoms with Gasteiger partial charge in [0, 0.05) is 6.08 Å². The summed E-state index contributed by atoms with van der Waals surface area (Å²) in [5.41, 5.74) is 6.11. The molecule has 0 atom stereocenters. The Balaban J connectivity index is 2.63. The predicted octanol–water partition coefficient (Wildman–Crippen LogP) is 0.347. The van der Waals surface area contributed by atoms with Gasteiger partial charge in [-0.2, -0.15) is 0 Å². The van der Waals surface area contributed by atoms with Crippen LogP contribution < -0.4 is 5.73 Å². The zero-order valence-electron chi connectivity index (χ0n) is 5.26. The van der Waals surface area contributed by atoms with Gasteiger partial charge in [-0.3, -0.25) is 0 Å². The summed E-state index contributed by atoms with van der Waals surface area (Å²) in [7, 11) is 1.57. The van der Waals surface area contributed by atoms with Gasteiger partial charge in [0.25, 0.3) is 0 Å². The maximum Gasteiger partial charge on any atom is 0.155 e. The molecule has 0 aromatic carbocycles. The maximum absolute atomic E-state index is 5.42. The third-order valence-corrected chi connectivity index (χ3v) is 1.01. The van der Waals surface area contributed by atoms with Gasteiger partial charge in [0.05, 0.1) is 12.8 Å². The average molecular weight is 127 g/mol. The minimum absolute atomic E-state index is 0.465. The Morgan fingerprint density at radius 2 is 2.56 bits per heavy atom. The van der Waals surface area contributed by atoms with Gasteiger partial charge in [-0.15, -0.1) is 0 Å². The predicted molar refractivity (Wildman–Crippen MR) is 33.3 cm³/mol. The number of hydrogen-bond acceptors (Lipinski definition) is 3. The quantitative estimate of drug-likeness (QED) is 0.552. The summed E-state index contributed by atoms with van der Waals surface area (Å²) in [5.74, 6) is 0.666. The van der Waals surface area contributed by atoms with Crippen LogP contribution in [0.5, 0.6) is 0 Å². The zero-order chi connectivity index (χ0) is 6.69. The second kappa shape index (κ2) is 2.44. The Bertz CT molecular complexity index is 160. The average Bonchev–Trinajstić information content (AvgIpc) is 1.88. The first-order chi connectivity index (χ1) is 4.33. The molecule has 0 unspecified atom stereocenters. The molecule has 0 amide bonds. The fraction of sp³-hybridized carbons (Fsp3) is 0.333. The SMILES string of the molecule is COC1=COCC(N)=C1. The molecule has 0 aromatic rings. The van der Waals surface area contributed by atoms with Gasteiger partial charge in [-0.05, 0) is 0 Å². The van der Waals surface area contributed by atoms with Crippen molar-refractivity contribution in [2.45, 2.75) is 0 Å². The van der Waals surface area contributed by atoms with Gasteiger partial charge in [0.1, 0.15) is 12.9 Å². The lowest BCUT2D eigenvalue weighted by molar-refractivity contribution is 0.223. The summed E-state index contributed by atoms with van der Waals surface area (Å²) in [4.78, 5) is 0. The van der Waals surface area contributed by atoms with Gasteiger partial charge in [-0.25, -0.2) is 0 Å². The second-order valence-electron chi connectivity index (χ2n) is 1.75. The van der Waals surface area contributed by atoms with Crippen LogP contribution in [0, 0.1) is 0 Å². The van der Waals surface area contributed by atoms with Crippen LogP contribution in [0.25, 0.3) is 0 Å². The van der Waals surface area contributed by atoms with Gasteiger partial charge in [-0.1, -0.05) is 0 Å². The maximum atomic E-state index is 5.42. The van der Waals surface area contributed by atoms with Crippen molar-refractivity contribution in [2.75, 3.05) is 13.7 Å². The number of allylic oxidation sites excluding steroid dienone is 1. The van der Waals surface area contributed by atoms with Crippen LogP contribution in [0.3, 0.4) is 0 Å². The molecule has 3 heteroatoms. The first kappa shape index (κ1) is 6.01. The van der Waals surface area contributed by atoms with E-state index >= 15 is 0 Å². The molecule has 0 fully saturated rings. The molecule has 50 valence electrons. The number of ether oxygens (including phenoxy) is 2. The van der Waals surface area contributed by atoms with Crippen molar-refractivity contribution in [3.8, 4) is 0 Å². The van der Waals surface area contributed by atoms with Crippen molar-refractivity contribution in [1.29, 1.82) is 0 Å². The lowest BCUT2D eigenvalue weighted by Crippen LogP contribution is -2.09. The molecule has 2 N–H and O–H groups in total. The van der Waals surface area contributed by atoms with Crippen molar-refractivity contribution < 1.29 is 9.47 Å². The molecular weight excluding hydrogens is 118 g/mol. The highest BCUT2D eigenvalue weighted by Gasteiger charge is 2.00. The molecule has 1 rings (SSSR count). The fourth-order valence-electron chi connectivity index (χ4n) is 0.585. The van der Waals surface area contributed by atoms with E-state index in [1.54, 1.807) is 13.2 Å². The van der Waals surface area contributed by atoms with Gasteiger partial charge in [0.15, 0.2) is 5.76 Å². The largest absolute Gasteiger partial charge is 0.493 e. The lowest BCUT2D eigenvalue weighted by atomic mass is 10.3. The van der Waals surface area contributed by atoms with Gasteiger partial charge in [0.2, 0.25) is 0 Å². The van der Waals surface area contributed by atoms with Crippen LogP contribution in [-0.2, 0) is 9.47 Å². The molecule has 0 aromatic heterocycles. The third kappa shape index (κ3) is 1.38. The Kier molecular flexibility index (Phi) is 1.63. The van der Waals surface area contributed by atoms with E-state index in [4.69, 9.17) is 15.2 Å². The van der Waals surface area contributed by atoms with E-state index in [0.717, 1.165) is 0 Å². The number of nitrogens with two attached hydrogens (primary N) is 1. The van der Waals surface area contributed by atoms with E-state index in [2.05, 4.69) is 0 Å². The summed E-state index contributed by atoms with van der Waals surface area (Å²) < 4.78 is 9.75. The molecule has 0 spiro atoms. The Hall–Kier alpha value is -1.12. The molecule has 1 heterocycles. The number of hydrogen-bond donors (Lipinski definition) is 1. The first-order valence-corrected chi connectivity index (χ1v) is 2.65. The Labute approximate surface area is 53.7 Å². The third-order valence-electron chi connectivity index (χ3n) is 1.01. The van der Waals surface area contributed by atoms with E-state index in [-0.39, 0.29) is 0 Å². The van der Waals surface area contributed by atoms with Crippen LogP contribution in [0.4, 0.5) is 0 Å². The molecule has 0 bridgehead atoms. The zero-order valence-corrected chi connectivity index (χ0v) is 5.26. The Morgan fingerprint density at radius 1 is 1.78 bits per heavy atom. The monoisotopic (exact) mass is 127 g/mol. The smallest absolute Gasteiger partial charge is 0.155 e. The molecule has 1 aliphatic heterocycles.